The Balaban J connectivity index is -0.000000270. The Bertz CT molecular complexity index is 540. The van der Waals surface area contributed by atoms with Crippen molar-refractivity contribution >= 4 is 35.5 Å². The van der Waals surface area contributed by atoms with E-state index in [0.29, 0.717) is 0 Å². The number of aromatic nitrogens is 2. The van der Waals surface area contributed by atoms with Crippen LogP contribution in [0.1, 0.15) is 36.6 Å². The zero-order valence-electron chi connectivity index (χ0n) is 15.7. The predicted octanol–water partition coefficient (Wildman–Crippen LogP) is 3.55. The van der Waals surface area contributed by atoms with Crippen molar-refractivity contribution in [3.63, 3.8) is 0 Å². The molecule has 0 amide bonds. The molecular formula is C18H24N2O2S2Zn. The fourth-order valence-electron chi connectivity index (χ4n) is 1.36. The van der Waals surface area contributed by atoms with E-state index in [-0.39, 0.29) is 29.7 Å². The molecule has 0 N–H and O–H groups in total. The molecule has 0 atom stereocenters. The zero-order valence-corrected chi connectivity index (χ0v) is 20.3. The standard InChI is InChI=1S/2C7H9N.2C2H4OS.Zn/c2*1-6-4-3-5-7(2)8-6;2*1-2(3)4;/h2*3-5H,1-2H3;2*1H3,(H,3,4);/q;;;;+2/p-2. The fourth-order valence-corrected chi connectivity index (χ4v) is 1.36. The van der Waals surface area contributed by atoms with E-state index in [1.807, 2.05) is 64.1 Å². The van der Waals surface area contributed by atoms with Crippen molar-refractivity contribution in [2.75, 3.05) is 0 Å². The van der Waals surface area contributed by atoms with Crippen LogP contribution in [0.2, 0.25) is 0 Å². The van der Waals surface area contributed by atoms with Gasteiger partial charge in [-0.15, -0.1) is 0 Å². The summed E-state index contributed by atoms with van der Waals surface area (Å²) in [6, 6.07) is 12.0. The molecule has 0 saturated heterocycles. The number of rotatable bonds is 0. The number of carbonyl (C=O) groups excluding carboxylic acids is 2. The molecular weight excluding hydrogens is 406 g/mol. The predicted molar refractivity (Wildman–Crippen MR) is 104 cm³/mol. The van der Waals surface area contributed by atoms with Crippen LogP contribution in [0, 0.1) is 27.7 Å². The third-order valence-corrected chi connectivity index (χ3v) is 2.06. The van der Waals surface area contributed by atoms with E-state index in [4.69, 9.17) is 0 Å². The fraction of sp³-hybridized carbons (Fsp3) is 0.333. The van der Waals surface area contributed by atoms with Crippen molar-refractivity contribution in [1.29, 1.82) is 0 Å². The smallest absolute Gasteiger partial charge is 0.742 e. The van der Waals surface area contributed by atoms with Crippen molar-refractivity contribution < 1.29 is 29.1 Å². The van der Waals surface area contributed by atoms with Crippen molar-refractivity contribution in [2.45, 2.75) is 41.5 Å². The molecule has 25 heavy (non-hydrogen) atoms. The van der Waals surface area contributed by atoms with E-state index in [1.54, 1.807) is 0 Å². The van der Waals surface area contributed by atoms with Gasteiger partial charge in [0.15, 0.2) is 0 Å². The molecule has 7 heteroatoms. The van der Waals surface area contributed by atoms with Crippen molar-refractivity contribution in [2.24, 2.45) is 0 Å². The van der Waals surface area contributed by atoms with Gasteiger partial charge in [-0.05, 0) is 65.8 Å². The molecule has 0 saturated carbocycles. The number of carbonyl (C=O) groups is 2. The molecule has 2 aromatic rings. The second kappa shape index (κ2) is 17.5. The van der Waals surface area contributed by atoms with Crippen LogP contribution in [0.25, 0.3) is 0 Å². The number of aryl methyl sites for hydroxylation is 4. The van der Waals surface area contributed by atoms with Crippen LogP contribution in [-0.4, -0.2) is 20.2 Å². The number of hydrogen-bond donors (Lipinski definition) is 0. The minimum Gasteiger partial charge on any atom is -0.742 e. The maximum absolute atomic E-state index is 9.26. The summed E-state index contributed by atoms with van der Waals surface area (Å²) < 4.78 is 0. The minimum absolute atomic E-state index is 0. The van der Waals surface area contributed by atoms with Gasteiger partial charge in [0.05, 0.1) is 0 Å². The van der Waals surface area contributed by atoms with Crippen LogP contribution >= 0.6 is 0 Å². The third kappa shape index (κ3) is 27.8. The average Bonchev–Trinajstić information content (AvgIpc) is 2.37. The summed E-state index contributed by atoms with van der Waals surface area (Å²) in [5, 5.41) is -0.500. The average molecular weight is 430 g/mol. The Labute approximate surface area is 174 Å². The molecule has 2 rings (SSSR count). The summed E-state index contributed by atoms with van der Waals surface area (Å²) in [6.45, 7) is 10.7. The van der Waals surface area contributed by atoms with Crippen LogP contribution in [-0.2, 0) is 54.3 Å². The first kappa shape index (κ1) is 28.5. The Morgan fingerprint density at radius 2 is 0.840 bits per heavy atom. The summed E-state index contributed by atoms with van der Waals surface area (Å²) in [5.41, 5.74) is 4.35. The van der Waals surface area contributed by atoms with Gasteiger partial charge in [0.2, 0.25) is 0 Å². The van der Waals surface area contributed by atoms with Crippen LogP contribution in [0.3, 0.4) is 0 Å². The van der Waals surface area contributed by atoms with Gasteiger partial charge < -0.3 is 34.8 Å². The Morgan fingerprint density at radius 1 is 0.680 bits per heavy atom. The number of nitrogens with zero attached hydrogens (tertiary/aromatic N) is 2. The minimum atomic E-state index is -0.250. The van der Waals surface area contributed by atoms with Gasteiger partial charge in [0.1, 0.15) is 0 Å². The van der Waals surface area contributed by atoms with E-state index in [9.17, 15) is 9.59 Å². The molecule has 0 fully saturated rings. The third-order valence-electron chi connectivity index (χ3n) is 2.06. The van der Waals surface area contributed by atoms with E-state index in [2.05, 4.69) is 35.2 Å². The summed E-state index contributed by atoms with van der Waals surface area (Å²) >= 11 is 7.96. The van der Waals surface area contributed by atoms with Crippen LogP contribution in [0.5, 0.6) is 0 Å². The normalized spacial score (nSPS) is 7.92. The summed E-state index contributed by atoms with van der Waals surface area (Å²) in [4.78, 5) is 26.9. The van der Waals surface area contributed by atoms with Crippen LogP contribution in [0.4, 0.5) is 0 Å². The van der Waals surface area contributed by atoms with Crippen molar-refractivity contribution in [3.8, 4) is 0 Å². The molecule has 0 spiro atoms. The molecule has 0 radical (unpaired) electrons. The molecule has 0 aliphatic rings. The van der Waals surface area contributed by atoms with Gasteiger partial charge in [-0.2, -0.15) is 0 Å². The molecule has 132 valence electrons. The Hall–Kier alpha value is -1.30. The first-order valence-electron chi connectivity index (χ1n) is 7.20. The van der Waals surface area contributed by atoms with Gasteiger partial charge in [0.25, 0.3) is 0 Å². The molecule has 0 aromatic carbocycles. The number of hydrogen-bond acceptors (Lipinski definition) is 6. The molecule has 2 aromatic heterocycles. The molecule has 0 aliphatic carbocycles. The Kier molecular flexibility index (Phi) is 20.0. The first-order valence-corrected chi connectivity index (χ1v) is 8.02. The van der Waals surface area contributed by atoms with E-state index >= 15 is 0 Å². The second-order valence-corrected chi connectivity index (χ2v) is 5.97. The van der Waals surface area contributed by atoms with E-state index in [1.165, 1.54) is 13.8 Å². The quantitative estimate of drug-likeness (QED) is 0.471. The van der Waals surface area contributed by atoms with Crippen molar-refractivity contribution in [3.05, 3.63) is 59.2 Å². The van der Waals surface area contributed by atoms with Crippen molar-refractivity contribution in [1.82, 2.24) is 9.97 Å². The molecule has 0 aliphatic heterocycles. The van der Waals surface area contributed by atoms with Gasteiger partial charge in [-0.3, -0.25) is 9.97 Å². The summed E-state index contributed by atoms with van der Waals surface area (Å²) in [6.07, 6.45) is 0. The van der Waals surface area contributed by atoms with E-state index < -0.39 is 0 Å². The first-order chi connectivity index (χ1) is 11.0. The molecule has 0 bridgehead atoms. The maximum atomic E-state index is 9.26. The summed E-state index contributed by atoms with van der Waals surface area (Å²) in [7, 11) is 0. The summed E-state index contributed by atoms with van der Waals surface area (Å²) in [5.74, 6) is 0. The monoisotopic (exact) mass is 428 g/mol. The molecule has 4 nitrogen and oxygen atoms in total. The zero-order chi connectivity index (χ0) is 19.1. The van der Waals surface area contributed by atoms with Crippen LogP contribution < -0.4 is 0 Å². The number of pyridine rings is 2. The second-order valence-electron chi connectivity index (χ2n) is 4.82. The van der Waals surface area contributed by atoms with Gasteiger partial charge in [-0.25, -0.2) is 0 Å². The van der Waals surface area contributed by atoms with Crippen LogP contribution in [0.15, 0.2) is 36.4 Å². The van der Waals surface area contributed by atoms with Gasteiger partial charge in [0, 0.05) is 33.0 Å². The topological polar surface area (TPSA) is 59.9 Å². The van der Waals surface area contributed by atoms with Gasteiger partial charge >= 0.3 is 19.5 Å². The van der Waals surface area contributed by atoms with E-state index in [0.717, 1.165) is 22.8 Å². The van der Waals surface area contributed by atoms with Gasteiger partial charge in [-0.1, -0.05) is 12.1 Å². The molecule has 2 heterocycles. The molecule has 0 unspecified atom stereocenters. The largest absolute Gasteiger partial charge is 2.00 e. The maximum Gasteiger partial charge on any atom is 2.00 e. The Morgan fingerprint density at radius 3 is 0.920 bits per heavy atom. The SMILES string of the molecule is CC(=O)[S-].CC(=O)[S-].Cc1cccc(C)n1.Cc1cccc(C)n1.[Zn+2].